The summed E-state index contributed by atoms with van der Waals surface area (Å²) in [5.74, 6) is 1.04. The van der Waals surface area contributed by atoms with Crippen molar-refractivity contribution in [1.82, 2.24) is 5.32 Å². The second-order valence-electron chi connectivity index (χ2n) is 5.38. The third-order valence-electron chi connectivity index (χ3n) is 3.36. The first-order valence-corrected chi connectivity index (χ1v) is 9.97. The van der Waals surface area contributed by atoms with Crippen molar-refractivity contribution < 1.29 is 13.2 Å². The Morgan fingerprint density at radius 3 is 2.76 bits per heavy atom. The molecule has 1 aromatic carbocycles. The van der Waals surface area contributed by atoms with E-state index in [4.69, 9.17) is 4.74 Å². The van der Waals surface area contributed by atoms with Crippen molar-refractivity contribution in [2.45, 2.75) is 38.8 Å². The molecule has 0 heterocycles. The van der Waals surface area contributed by atoms with Crippen molar-refractivity contribution in [2.24, 2.45) is 0 Å². The number of sulfone groups is 1. The van der Waals surface area contributed by atoms with Crippen LogP contribution in [0.5, 0.6) is 5.75 Å². The zero-order chi connectivity index (χ0) is 15.3. The summed E-state index contributed by atoms with van der Waals surface area (Å²) >= 11 is 3.48. The maximum absolute atomic E-state index is 11.7. The first kappa shape index (κ1) is 16.8. The molecule has 4 nitrogen and oxygen atoms in total. The molecule has 0 unspecified atom stereocenters. The molecule has 1 N–H and O–H groups in total. The number of para-hydroxylation sites is 1. The van der Waals surface area contributed by atoms with Crippen LogP contribution in [0.1, 0.15) is 31.7 Å². The van der Waals surface area contributed by atoms with Crippen LogP contribution in [-0.4, -0.2) is 32.6 Å². The lowest BCUT2D eigenvalue weighted by Gasteiger charge is -2.14. The fourth-order valence-electron chi connectivity index (χ4n) is 2.08. The molecular weight excluding hydrogens is 354 g/mol. The molecule has 0 spiro atoms. The van der Waals surface area contributed by atoms with E-state index in [2.05, 4.69) is 21.2 Å². The number of ether oxygens (including phenoxy) is 1. The monoisotopic (exact) mass is 375 g/mol. The molecule has 0 bridgehead atoms. The lowest BCUT2D eigenvalue weighted by Crippen LogP contribution is -2.19. The van der Waals surface area contributed by atoms with Crippen LogP contribution in [0.25, 0.3) is 0 Å². The van der Waals surface area contributed by atoms with Crippen molar-refractivity contribution in [3.05, 3.63) is 28.2 Å². The number of rotatable bonds is 9. The van der Waals surface area contributed by atoms with Gasteiger partial charge in [-0.2, -0.15) is 0 Å². The van der Waals surface area contributed by atoms with Crippen LogP contribution < -0.4 is 10.1 Å². The average Bonchev–Trinajstić information content (AvgIpc) is 3.22. The normalized spacial score (nSPS) is 15.1. The van der Waals surface area contributed by atoms with E-state index in [1.807, 2.05) is 25.1 Å². The van der Waals surface area contributed by atoms with Crippen LogP contribution >= 0.6 is 15.9 Å². The highest BCUT2D eigenvalue weighted by Gasteiger charge is 2.21. The van der Waals surface area contributed by atoms with E-state index in [0.29, 0.717) is 12.5 Å². The van der Waals surface area contributed by atoms with Gasteiger partial charge >= 0.3 is 0 Å². The van der Waals surface area contributed by atoms with Crippen molar-refractivity contribution in [2.75, 3.05) is 18.1 Å². The average molecular weight is 376 g/mol. The fraction of sp³-hybridized carbons (Fsp3) is 0.600. The second-order valence-corrected chi connectivity index (χ2v) is 8.54. The van der Waals surface area contributed by atoms with Gasteiger partial charge in [0.1, 0.15) is 12.4 Å². The number of nitrogens with one attached hydrogen (secondary N) is 1. The Kier molecular flexibility index (Phi) is 6.08. The van der Waals surface area contributed by atoms with Crippen molar-refractivity contribution in [1.29, 1.82) is 0 Å². The van der Waals surface area contributed by atoms with Gasteiger partial charge in [0.2, 0.25) is 0 Å². The molecule has 1 saturated carbocycles. The van der Waals surface area contributed by atoms with E-state index >= 15 is 0 Å². The molecule has 1 aromatic rings. The highest BCUT2D eigenvalue weighted by atomic mass is 79.9. The summed E-state index contributed by atoms with van der Waals surface area (Å²) in [6.45, 7) is 2.82. The van der Waals surface area contributed by atoms with Gasteiger partial charge in [0.15, 0.2) is 9.84 Å². The largest absolute Gasteiger partial charge is 0.491 e. The summed E-state index contributed by atoms with van der Waals surface area (Å²) in [4.78, 5) is 0. The Labute approximate surface area is 135 Å². The molecule has 0 atom stereocenters. The minimum absolute atomic E-state index is 0.0671. The van der Waals surface area contributed by atoms with Crippen molar-refractivity contribution in [3.63, 3.8) is 0 Å². The van der Waals surface area contributed by atoms with E-state index in [9.17, 15) is 8.42 Å². The van der Waals surface area contributed by atoms with E-state index < -0.39 is 9.84 Å². The number of halogens is 1. The summed E-state index contributed by atoms with van der Waals surface area (Å²) in [5.41, 5.74) is 1.06. The van der Waals surface area contributed by atoms with Gasteiger partial charge in [-0.05, 0) is 41.3 Å². The van der Waals surface area contributed by atoms with Crippen LogP contribution in [0.4, 0.5) is 0 Å². The summed E-state index contributed by atoms with van der Waals surface area (Å²) in [5, 5.41) is 3.45. The molecule has 0 aromatic heterocycles. The molecule has 0 saturated heterocycles. The molecular formula is C15H22BrNO3S. The molecule has 6 heteroatoms. The standard InChI is InChI=1S/C15H22BrNO3S/c1-2-9-21(18,19)10-8-20-15-12(4-3-5-14(15)16)11-17-13-6-7-13/h3-5,13,17H,2,6-11H2,1H3. The predicted octanol–water partition coefficient (Wildman–Crippen LogP) is 2.90. The van der Waals surface area contributed by atoms with Crippen LogP contribution in [0, 0.1) is 0 Å². The molecule has 1 fully saturated rings. The highest BCUT2D eigenvalue weighted by Crippen LogP contribution is 2.30. The minimum Gasteiger partial charge on any atom is -0.491 e. The maximum Gasteiger partial charge on any atom is 0.153 e. The number of hydrogen-bond acceptors (Lipinski definition) is 4. The Hall–Kier alpha value is -0.590. The van der Waals surface area contributed by atoms with Gasteiger partial charge in [0.05, 0.1) is 16.0 Å². The SMILES string of the molecule is CCCS(=O)(=O)CCOc1c(Br)cccc1CNC1CC1. The van der Waals surface area contributed by atoms with Gasteiger partial charge in [-0.15, -0.1) is 0 Å². The van der Waals surface area contributed by atoms with Gasteiger partial charge in [-0.1, -0.05) is 19.1 Å². The summed E-state index contributed by atoms with van der Waals surface area (Å²) in [7, 11) is -3.00. The van der Waals surface area contributed by atoms with Gasteiger partial charge in [0.25, 0.3) is 0 Å². The van der Waals surface area contributed by atoms with E-state index in [1.165, 1.54) is 12.8 Å². The van der Waals surface area contributed by atoms with Crippen LogP contribution in [0.2, 0.25) is 0 Å². The quantitative estimate of drug-likeness (QED) is 0.720. The molecule has 0 aliphatic heterocycles. The first-order chi connectivity index (χ1) is 10.0. The minimum atomic E-state index is -3.00. The lowest BCUT2D eigenvalue weighted by molar-refractivity contribution is 0.334. The second kappa shape index (κ2) is 7.61. The van der Waals surface area contributed by atoms with Gasteiger partial charge in [-0.25, -0.2) is 8.42 Å². The molecule has 118 valence electrons. The zero-order valence-corrected chi connectivity index (χ0v) is 14.7. The van der Waals surface area contributed by atoms with E-state index in [0.717, 1.165) is 22.3 Å². The first-order valence-electron chi connectivity index (χ1n) is 7.36. The molecule has 0 amide bonds. The topological polar surface area (TPSA) is 55.4 Å². The highest BCUT2D eigenvalue weighted by molar-refractivity contribution is 9.10. The lowest BCUT2D eigenvalue weighted by atomic mass is 10.2. The summed E-state index contributed by atoms with van der Waals surface area (Å²) < 4.78 is 30.0. The summed E-state index contributed by atoms with van der Waals surface area (Å²) in [6, 6.07) is 6.52. The third kappa shape index (κ3) is 5.60. The van der Waals surface area contributed by atoms with Crippen molar-refractivity contribution in [3.8, 4) is 5.75 Å². The smallest absolute Gasteiger partial charge is 0.153 e. The third-order valence-corrected chi connectivity index (χ3v) is 5.81. The van der Waals surface area contributed by atoms with Crippen molar-refractivity contribution >= 4 is 25.8 Å². The Morgan fingerprint density at radius 1 is 1.33 bits per heavy atom. The number of hydrogen-bond donors (Lipinski definition) is 1. The Morgan fingerprint density at radius 2 is 2.10 bits per heavy atom. The molecule has 2 rings (SSSR count). The Bertz CT molecular complexity index is 570. The fourth-order valence-corrected chi connectivity index (χ4v) is 3.76. The molecule has 1 aliphatic rings. The maximum atomic E-state index is 11.7. The summed E-state index contributed by atoms with van der Waals surface area (Å²) in [6.07, 6.45) is 3.12. The molecule has 0 radical (unpaired) electrons. The van der Waals surface area contributed by atoms with E-state index in [1.54, 1.807) is 0 Å². The van der Waals surface area contributed by atoms with Gasteiger partial charge in [-0.3, -0.25) is 0 Å². The number of benzene rings is 1. The van der Waals surface area contributed by atoms with E-state index in [-0.39, 0.29) is 18.1 Å². The zero-order valence-electron chi connectivity index (χ0n) is 12.3. The Balaban J connectivity index is 1.94. The molecule has 1 aliphatic carbocycles. The van der Waals surface area contributed by atoms with Crippen LogP contribution in [0.3, 0.4) is 0 Å². The van der Waals surface area contributed by atoms with Gasteiger partial charge in [0, 0.05) is 18.2 Å². The van der Waals surface area contributed by atoms with Gasteiger partial charge < -0.3 is 10.1 Å². The molecule has 21 heavy (non-hydrogen) atoms. The van der Waals surface area contributed by atoms with Crippen LogP contribution in [-0.2, 0) is 16.4 Å². The van der Waals surface area contributed by atoms with Crippen LogP contribution in [0.15, 0.2) is 22.7 Å². The predicted molar refractivity (Wildman–Crippen MR) is 88.4 cm³/mol.